The zero-order valence-electron chi connectivity index (χ0n) is 9.48. The quantitative estimate of drug-likeness (QED) is 0.885. The van der Waals surface area contributed by atoms with Crippen LogP contribution in [0.15, 0.2) is 36.7 Å². The summed E-state index contributed by atoms with van der Waals surface area (Å²) in [5, 5.41) is 0. The lowest BCUT2D eigenvalue weighted by molar-refractivity contribution is 0.468. The Bertz CT molecular complexity index is 529. The molecule has 0 amide bonds. The topological polar surface area (TPSA) is 48.1 Å². The first-order valence-electron chi connectivity index (χ1n) is 5.27. The molecule has 1 aromatic heterocycles. The van der Waals surface area contributed by atoms with Gasteiger partial charge >= 0.3 is 0 Å². The smallest absolute Gasteiger partial charge is 0.150 e. The van der Waals surface area contributed by atoms with Gasteiger partial charge in [0.15, 0.2) is 0 Å². The Balaban J connectivity index is 2.28. The molecule has 0 aliphatic heterocycles. The number of hydrogen-bond acceptors (Lipinski definition) is 3. The number of nitrogens with two attached hydrogens (primary N) is 1. The molecule has 0 aliphatic carbocycles. The van der Waals surface area contributed by atoms with Crippen molar-refractivity contribution < 1.29 is 9.13 Å². The van der Waals surface area contributed by atoms with Crippen LogP contribution >= 0.6 is 0 Å². The van der Waals surface area contributed by atoms with Crippen molar-refractivity contribution in [1.29, 1.82) is 0 Å². The monoisotopic (exact) mass is 232 g/mol. The van der Waals surface area contributed by atoms with E-state index in [2.05, 4.69) is 4.98 Å². The molecule has 2 N–H and O–H groups in total. The second-order valence-corrected chi connectivity index (χ2v) is 3.70. The van der Waals surface area contributed by atoms with E-state index in [1.54, 1.807) is 37.5 Å². The van der Waals surface area contributed by atoms with E-state index in [0.717, 1.165) is 5.56 Å². The number of benzene rings is 1. The number of ether oxygens (including phenoxy) is 1. The van der Waals surface area contributed by atoms with Crippen LogP contribution in [0.1, 0.15) is 11.1 Å². The summed E-state index contributed by atoms with van der Waals surface area (Å²) in [6, 6.07) is 6.51. The summed E-state index contributed by atoms with van der Waals surface area (Å²) in [5.74, 6) is 0.703. The molecule has 0 saturated heterocycles. The fourth-order valence-corrected chi connectivity index (χ4v) is 1.43. The molecule has 0 bridgehead atoms. The number of hydrogen-bond donors (Lipinski definition) is 1. The van der Waals surface area contributed by atoms with Crippen molar-refractivity contribution in [3.05, 3.63) is 53.6 Å². The Morgan fingerprint density at radius 1 is 1.35 bits per heavy atom. The third-order valence-corrected chi connectivity index (χ3v) is 2.46. The lowest BCUT2D eigenvalue weighted by atomic mass is 10.2. The van der Waals surface area contributed by atoms with E-state index in [0.29, 0.717) is 23.6 Å². The van der Waals surface area contributed by atoms with Gasteiger partial charge in [-0.15, -0.1) is 0 Å². The van der Waals surface area contributed by atoms with Crippen LogP contribution in [0.4, 0.5) is 4.39 Å². The lowest BCUT2D eigenvalue weighted by Crippen LogP contribution is -2.00. The highest BCUT2D eigenvalue weighted by molar-refractivity contribution is 5.36. The van der Waals surface area contributed by atoms with Gasteiger partial charge in [-0.3, -0.25) is 4.98 Å². The number of aromatic nitrogens is 1. The van der Waals surface area contributed by atoms with Gasteiger partial charge < -0.3 is 10.5 Å². The van der Waals surface area contributed by atoms with Crippen LogP contribution < -0.4 is 10.5 Å². The van der Waals surface area contributed by atoms with E-state index >= 15 is 0 Å². The molecule has 0 unspecified atom stereocenters. The van der Waals surface area contributed by atoms with Crippen LogP contribution in [-0.4, -0.2) is 4.98 Å². The van der Waals surface area contributed by atoms with E-state index in [1.807, 2.05) is 0 Å². The first kappa shape index (κ1) is 11.5. The Morgan fingerprint density at radius 2 is 2.18 bits per heavy atom. The SMILES string of the molecule is Cc1ccc(Oc2cnccc2CN)cc1F. The van der Waals surface area contributed by atoms with Crippen LogP contribution in [0.5, 0.6) is 11.5 Å². The van der Waals surface area contributed by atoms with Crippen molar-refractivity contribution in [3.63, 3.8) is 0 Å². The first-order chi connectivity index (χ1) is 8.20. The Kier molecular flexibility index (Phi) is 3.35. The van der Waals surface area contributed by atoms with Crippen molar-refractivity contribution in [3.8, 4) is 11.5 Å². The molecular weight excluding hydrogens is 219 g/mol. The molecule has 0 aliphatic rings. The summed E-state index contributed by atoms with van der Waals surface area (Å²) in [6.07, 6.45) is 3.21. The zero-order valence-corrected chi connectivity index (χ0v) is 9.48. The Labute approximate surface area is 99.1 Å². The highest BCUT2D eigenvalue weighted by atomic mass is 19.1. The molecule has 2 rings (SSSR count). The Morgan fingerprint density at radius 3 is 2.88 bits per heavy atom. The van der Waals surface area contributed by atoms with Gasteiger partial charge in [0.1, 0.15) is 17.3 Å². The number of rotatable bonds is 3. The van der Waals surface area contributed by atoms with Gasteiger partial charge in [0, 0.05) is 24.4 Å². The molecule has 4 heteroatoms. The second-order valence-electron chi connectivity index (χ2n) is 3.70. The van der Waals surface area contributed by atoms with E-state index in [9.17, 15) is 4.39 Å². The van der Waals surface area contributed by atoms with Crippen LogP contribution in [0.3, 0.4) is 0 Å². The van der Waals surface area contributed by atoms with Crippen LogP contribution in [0.2, 0.25) is 0 Å². The number of halogens is 1. The molecule has 1 heterocycles. The molecule has 0 saturated carbocycles. The summed E-state index contributed by atoms with van der Waals surface area (Å²) in [5.41, 5.74) is 7.00. The summed E-state index contributed by atoms with van der Waals surface area (Å²) >= 11 is 0. The van der Waals surface area contributed by atoms with Crippen molar-refractivity contribution >= 4 is 0 Å². The summed E-state index contributed by atoms with van der Waals surface area (Å²) in [7, 11) is 0. The van der Waals surface area contributed by atoms with Crippen molar-refractivity contribution in [1.82, 2.24) is 4.98 Å². The molecular formula is C13H13FN2O. The molecule has 2 aromatic rings. The molecule has 0 radical (unpaired) electrons. The zero-order chi connectivity index (χ0) is 12.3. The van der Waals surface area contributed by atoms with Gasteiger partial charge in [-0.25, -0.2) is 4.39 Å². The predicted octanol–water partition coefficient (Wildman–Crippen LogP) is 2.78. The molecule has 0 spiro atoms. The normalized spacial score (nSPS) is 10.3. The van der Waals surface area contributed by atoms with Gasteiger partial charge in [0.2, 0.25) is 0 Å². The molecule has 1 aromatic carbocycles. The molecule has 17 heavy (non-hydrogen) atoms. The van der Waals surface area contributed by atoms with E-state index < -0.39 is 0 Å². The Hall–Kier alpha value is -1.94. The molecule has 3 nitrogen and oxygen atoms in total. The fraction of sp³-hybridized carbons (Fsp3) is 0.154. The first-order valence-corrected chi connectivity index (χ1v) is 5.27. The fourth-order valence-electron chi connectivity index (χ4n) is 1.43. The minimum atomic E-state index is -0.291. The van der Waals surface area contributed by atoms with Crippen molar-refractivity contribution in [2.24, 2.45) is 5.73 Å². The average molecular weight is 232 g/mol. The largest absolute Gasteiger partial charge is 0.455 e. The van der Waals surface area contributed by atoms with Gasteiger partial charge in [0.25, 0.3) is 0 Å². The van der Waals surface area contributed by atoms with Gasteiger partial charge in [0.05, 0.1) is 6.20 Å². The minimum Gasteiger partial charge on any atom is -0.455 e. The average Bonchev–Trinajstić information content (AvgIpc) is 2.34. The summed E-state index contributed by atoms with van der Waals surface area (Å²) < 4.78 is 18.9. The maximum atomic E-state index is 13.3. The van der Waals surface area contributed by atoms with Crippen LogP contribution in [-0.2, 0) is 6.54 Å². The highest BCUT2D eigenvalue weighted by Gasteiger charge is 2.05. The second kappa shape index (κ2) is 4.93. The van der Waals surface area contributed by atoms with Gasteiger partial charge in [-0.05, 0) is 24.6 Å². The van der Waals surface area contributed by atoms with Crippen molar-refractivity contribution in [2.75, 3.05) is 0 Å². The van der Waals surface area contributed by atoms with Crippen LogP contribution in [0.25, 0.3) is 0 Å². The summed E-state index contributed by atoms with van der Waals surface area (Å²) in [4.78, 5) is 3.96. The van der Waals surface area contributed by atoms with Gasteiger partial charge in [-0.1, -0.05) is 6.07 Å². The minimum absolute atomic E-state index is 0.291. The van der Waals surface area contributed by atoms with Crippen molar-refractivity contribution in [2.45, 2.75) is 13.5 Å². The lowest BCUT2D eigenvalue weighted by Gasteiger charge is -2.09. The maximum absolute atomic E-state index is 13.3. The van der Waals surface area contributed by atoms with E-state index in [1.165, 1.54) is 6.07 Å². The van der Waals surface area contributed by atoms with Crippen LogP contribution in [0, 0.1) is 12.7 Å². The highest BCUT2D eigenvalue weighted by Crippen LogP contribution is 2.25. The molecule has 88 valence electrons. The summed E-state index contributed by atoms with van der Waals surface area (Å²) in [6.45, 7) is 2.06. The predicted molar refractivity (Wildman–Crippen MR) is 63.3 cm³/mol. The molecule has 0 fully saturated rings. The standard InChI is InChI=1S/C13H13FN2O/c1-9-2-3-11(6-12(9)14)17-13-8-16-5-4-10(13)7-15/h2-6,8H,7,15H2,1H3. The number of pyridine rings is 1. The third-order valence-electron chi connectivity index (χ3n) is 2.46. The van der Waals surface area contributed by atoms with E-state index in [-0.39, 0.29) is 5.82 Å². The molecule has 0 atom stereocenters. The van der Waals surface area contributed by atoms with Gasteiger partial charge in [-0.2, -0.15) is 0 Å². The maximum Gasteiger partial charge on any atom is 0.150 e. The third kappa shape index (κ3) is 2.60. The number of aryl methyl sites for hydroxylation is 1. The van der Waals surface area contributed by atoms with E-state index in [4.69, 9.17) is 10.5 Å². The number of nitrogens with zero attached hydrogens (tertiary/aromatic N) is 1.